The Morgan fingerprint density at radius 2 is 1.78 bits per heavy atom. The van der Waals surface area contributed by atoms with Gasteiger partial charge >= 0.3 is 10.2 Å². The van der Waals surface area contributed by atoms with Gasteiger partial charge in [-0.25, -0.2) is 0 Å². The minimum Gasteiger partial charge on any atom is -0.398 e. The molecule has 6 nitrogen and oxygen atoms in total. The lowest BCUT2D eigenvalue weighted by molar-refractivity contribution is 0.523. The number of benzene rings is 1. The average Bonchev–Trinajstić information content (AvgIpc) is 2.29. The molecule has 0 aromatic heterocycles. The third kappa shape index (κ3) is 3.86. The van der Waals surface area contributed by atoms with Crippen LogP contribution in [0.4, 0.5) is 0 Å². The second-order valence-corrected chi connectivity index (χ2v) is 5.55. The van der Waals surface area contributed by atoms with Crippen LogP contribution in [0.25, 0.3) is 5.70 Å². The van der Waals surface area contributed by atoms with Crippen LogP contribution in [0.1, 0.15) is 5.56 Å². The summed E-state index contributed by atoms with van der Waals surface area (Å²) in [4.78, 5) is 0. The minimum atomic E-state index is -3.73. The van der Waals surface area contributed by atoms with Crippen LogP contribution in [0.15, 0.2) is 40.8 Å². The van der Waals surface area contributed by atoms with Crippen LogP contribution in [-0.4, -0.2) is 32.7 Å². The van der Waals surface area contributed by atoms with E-state index in [2.05, 4.69) is 4.40 Å². The number of rotatable bonds is 4. The molecule has 0 bridgehead atoms. The van der Waals surface area contributed by atoms with Gasteiger partial charge in [-0.3, -0.25) is 0 Å². The number of hydrogen-bond donors (Lipinski definition) is 2. The first kappa shape index (κ1) is 14.2. The molecule has 0 fully saturated rings. The quantitative estimate of drug-likeness (QED) is 0.599. The van der Waals surface area contributed by atoms with Gasteiger partial charge in [-0.05, 0) is 5.56 Å². The normalized spacial score (nSPS) is 13.9. The van der Waals surface area contributed by atoms with Gasteiger partial charge in [0.05, 0.1) is 0 Å². The molecular formula is C11H16N4O2S. The fraction of sp³-hybridized carbons (Fsp3) is 0.182. The van der Waals surface area contributed by atoms with E-state index >= 15 is 0 Å². The lowest BCUT2D eigenvalue weighted by Crippen LogP contribution is -2.23. The Bertz CT molecular complexity index is 562. The molecule has 0 atom stereocenters. The molecule has 18 heavy (non-hydrogen) atoms. The van der Waals surface area contributed by atoms with E-state index in [1.54, 1.807) is 12.1 Å². The maximum absolute atomic E-state index is 11.4. The molecule has 7 heteroatoms. The lowest BCUT2D eigenvalue weighted by Gasteiger charge is -2.06. The summed E-state index contributed by atoms with van der Waals surface area (Å²) in [5, 5.41) is 0. The highest BCUT2D eigenvalue weighted by molar-refractivity contribution is 7.87. The van der Waals surface area contributed by atoms with Crippen molar-refractivity contribution in [2.75, 3.05) is 14.1 Å². The van der Waals surface area contributed by atoms with E-state index in [1.807, 2.05) is 18.2 Å². The van der Waals surface area contributed by atoms with E-state index in [-0.39, 0.29) is 5.84 Å². The van der Waals surface area contributed by atoms with Crippen molar-refractivity contribution in [3.8, 4) is 0 Å². The Morgan fingerprint density at radius 3 is 2.28 bits per heavy atom. The zero-order chi connectivity index (χ0) is 13.8. The van der Waals surface area contributed by atoms with Gasteiger partial charge in [0, 0.05) is 25.9 Å². The first-order valence-corrected chi connectivity index (χ1v) is 6.53. The van der Waals surface area contributed by atoms with Crippen LogP contribution in [0.3, 0.4) is 0 Å². The van der Waals surface area contributed by atoms with Crippen molar-refractivity contribution in [3.63, 3.8) is 0 Å². The molecule has 0 aliphatic carbocycles. The van der Waals surface area contributed by atoms with Crippen molar-refractivity contribution in [2.24, 2.45) is 15.9 Å². The molecule has 0 radical (unpaired) electrons. The number of hydrogen-bond acceptors (Lipinski definition) is 3. The first-order chi connectivity index (χ1) is 8.33. The summed E-state index contributed by atoms with van der Waals surface area (Å²) in [5.41, 5.74) is 12.4. The minimum absolute atomic E-state index is 0.162. The zero-order valence-corrected chi connectivity index (χ0v) is 11.1. The van der Waals surface area contributed by atoms with Crippen LogP contribution in [0, 0.1) is 0 Å². The standard InChI is InChI=1S/C11H16N4O2S/c1-15(2)18(16,17)14-11(13)8-10(12)9-6-4-3-5-7-9/h3-8H,12H2,1-2H3,(H2,13,14). The van der Waals surface area contributed by atoms with E-state index in [0.717, 1.165) is 9.87 Å². The summed E-state index contributed by atoms with van der Waals surface area (Å²) < 4.78 is 27.3. The second kappa shape index (κ2) is 5.65. The van der Waals surface area contributed by atoms with Gasteiger partial charge in [-0.15, -0.1) is 4.40 Å². The molecule has 1 aromatic rings. The smallest absolute Gasteiger partial charge is 0.323 e. The van der Waals surface area contributed by atoms with Crippen LogP contribution in [0.2, 0.25) is 0 Å². The highest BCUT2D eigenvalue weighted by atomic mass is 32.2. The molecule has 98 valence electrons. The highest BCUT2D eigenvalue weighted by Gasteiger charge is 2.11. The summed E-state index contributed by atoms with van der Waals surface area (Å²) in [6.07, 6.45) is 1.32. The topological polar surface area (TPSA) is 102 Å². The SMILES string of the molecule is CN(C)S(=O)(=O)N=C(N)C=C(N)c1ccccc1. The molecular weight excluding hydrogens is 252 g/mol. The molecule has 0 aliphatic heterocycles. The van der Waals surface area contributed by atoms with Gasteiger partial charge < -0.3 is 11.5 Å². The Morgan fingerprint density at radius 1 is 1.22 bits per heavy atom. The fourth-order valence-corrected chi connectivity index (χ4v) is 1.60. The van der Waals surface area contributed by atoms with Crippen LogP contribution < -0.4 is 11.5 Å². The van der Waals surface area contributed by atoms with Gasteiger partial charge in [-0.1, -0.05) is 30.3 Å². The molecule has 0 aliphatic rings. The van der Waals surface area contributed by atoms with E-state index in [4.69, 9.17) is 11.5 Å². The second-order valence-electron chi connectivity index (χ2n) is 3.74. The molecule has 0 spiro atoms. The summed E-state index contributed by atoms with van der Waals surface area (Å²) in [6, 6.07) is 9.07. The van der Waals surface area contributed by atoms with Gasteiger partial charge in [0.2, 0.25) is 0 Å². The van der Waals surface area contributed by atoms with Gasteiger partial charge in [0.1, 0.15) is 5.84 Å². The summed E-state index contributed by atoms with van der Waals surface area (Å²) >= 11 is 0. The maximum atomic E-state index is 11.4. The van der Waals surface area contributed by atoms with Gasteiger partial charge in [-0.2, -0.15) is 12.7 Å². The largest absolute Gasteiger partial charge is 0.398 e. The van der Waals surface area contributed by atoms with E-state index in [9.17, 15) is 8.42 Å². The van der Waals surface area contributed by atoms with E-state index < -0.39 is 10.2 Å². The average molecular weight is 268 g/mol. The Balaban J connectivity index is 3.01. The third-order valence-electron chi connectivity index (χ3n) is 2.09. The Hall–Kier alpha value is -1.86. The molecule has 4 N–H and O–H groups in total. The molecule has 0 unspecified atom stereocenters. The lowest BCUT2D eigenvalue weighted by atomic mass is 10.1. The molecule has 0 amide bonds. The van der Waals surface area contributed by atoms with Crippen molar-refractivity contribution in [2.45, 2.75) is 0 Å². The monoisotopic (exact) mass is 268 g/mol. The van der Waals surface area contributed by atoms with Crippen molar-refractivity contribution in [1.29, 1.82) is 0 Å². The molecule has 0 heterocycles. The first-order valence-electron chi connectivity index (χ1n) is 5.13. The summed E-state index contributed by atoms with van der Waals surface area (Å²) in [6.45, 7) is 0. The molecule has 0 saturated carbocycles. The fourth-order valence-electron chi connectivity index (χ4n) is 1.11. The van der Waals surface area contributed by atoms with Crippen molar-refractivity contribution in [3.05, 3.63) is 42.0 Å². The Kier molecular flexibility index (Phi) is 4.46. The number of nitrogens with zero attached hydrogens (tertiary/aromatic N) is 2. The van der Waals surface area contributed by atoms with Crippen LogP contribution >= 0.6 is 0 Å². The van der Waals surface area contributed by atoms with Gasteiger partial charge in [0.15, 0.2) is 0 Å². The van der Waals surface area contributed by atoms with E-state index in [1.165, 1.54) is 20.2 Å². The molecule has 0 saturated heterocycles. The summed E-state index contributed by atoms with van der Waals surface area (Å²) in [7, 11) is -0.986. The van der Waals surface area contributed by atoms with Gasteiger partial charge in [0.25, 0.3) is 0 Å². The van der Waals surface area contributed by atoms with Crippen LogP contribution in [-0.2, 0) is 10.2 Å². The maximum Gasteiger partial charge on any atom is 0.323 e. The molecule has 1 rings (SSSR count). The number of amidine groups is 1. The van der Waals surface area contributed by atoms with Crippen molar-refractivity contribution >= 4 is 21.7 Å². The highest BCUT2D eigenvalue weighted by Crippen LogP contribution is 2.07. The predicted octanol–water partition coefficient (Wildman–Crippen LogP) is 0.150. The Labute approximate surface area is 107 Å². The summed E-state index contributed by atoms with van der Waals surface area (Å²) in [5.74, 6) is -0.162. The number of nitrogens with two attached hydrogens (primary N) is 2. The van der Waals surface area contributed by atoms with Crippen molar-refractivity contribution < 1.29 is 8.42 Å². The molecule has 1 aromatic carbocycles. The van der Waals surface area contributed by atoms with E-state index in [0.29, 0.717) is 5.70 Å². The predicted molar refractivity (Wildman–Crippen MR) is 72.8 cm³/mol. The van der Waals surface area contributed by atoms with Crippen molar-refractivity contribution in [1.82, 2.24) is 4.31 Å². The zero-order valence-electron chi connectivity index (χ0n) is 10.2. The third-order valence-corrected chi connectivity index (χ3v) is 3.46. The van der Waals surface area contributed by atoms with Crippen LogP contribution in [0.5, 0.6) is 0 Å².